The van der Waals surface area contributed by atoms with Gasteiger partial charge in [0.15, 0.2) is 0 Å². The van der Waals surface area contributed by atoms with Crippen LogP contribution >= 0.6 is 0 Å². The Hall–Kier alpha value is -5.14. The van der Waals surface area contributed by atoms with Crippen LogP contribution in [0.1, 0.15) is 32.6 Å². The predicted molar refractivity (Wildman–Crippen MR) is 197 cm³/mol. The highest BCUT2D eigenvalue weighted by Crippen LogP contribution is 2.31. The summed E-state index contributed by atoms with van der Waals surface area (Å²) in [5.41, 5.74) is 0.532. The van der Waals surface area contributed by atoms with E-state index in [9.17, 15) is 43.7 Å². The standard InChI is InChI=1S/C31H34N10O10S3/c1-19-27(28(42)40(39-19)22-10-12-23(13-11-22)52(43,44)45)35-25-14-9-21(18-26(25)54(49,50)51)34-30-36-29(33-20-7-6-8-24(17-20)53(46,47)48)37-31(38-30)41(32)15-4-2-3-5-16-41/h6-14,17-18,27,35H,2-5,15-16,32H2,1H3,(H4-,33,34,36,37,38,43,44,45,46,47,48,49,50,51)/p+1. The van der Waals surface area contributed by atoms with Gasteiger partial charge in [0.25, 0.3) is 36.3 Å². The van der Waals surface area contributed by atoms with Crippen molar-refractivity contribution in [3.8, 4) is 0 Å². The first-order chi connectivity index (χ1) is 25.3. The summed E-state index contributed by atoms with van der Waals surface area (Å²) in [7, 11) is -13.9. The van der Waals surface area contributed by atoms with Crippen LogP contribution in [0.5, 0.6) is 0 Å². The van der Waals surface area contributed by atoms with E-state index < -0.39 is 52.1 Å². The van der Waals surface area contributed by atoms with Gasteiger partial charge < -0.3 is 16.0 Å². The average Bonchev–Trinajstić information content (AvgIpc) is 3.22. The first kappa shape index (κ1) is 38.6. The lowest BCUT2D eigenvalue weighted by atomic mass is 10.1. The second-order valence-corrected chi connectivity index (χ2v) is 16.8. The number of carbonyl (C=O) groups excluding carboxylic acids is 1. The van der Waals surface area contributed by atoms with Crippen LogP contribution in [0.3, 0.4) is 0 Å². The summed E-state index contributed by atoms with van der Waals surface area (Å²) < 4.78 is 100. The van der Waals surface area contributed by atoms with Crippen LogP contribution < -0.4 is 31.4 Å². The second-order valence-electron chi connectivity index (χ2n) is 12.6. The highest BCUT2D eigenvalue weighted by molar-refractivity contribution is 7.86. The largest absolute Gasteiger partial charge is 0.368 e. The van der Waals surface area contributed by atoms with Crippen LogP contribution in [0.2, 0.25) is 0 Å². The molecule has 1 saturated heterocycles. The van der Waals surface area contributed by atoms with Crippen molar-refractivity contribution in [1.29, 1.82) is 0 Å². The molecule has 54 heavy (non-hydrogen) atoms. The molecule has 1 amide bonds. The van der Waals surface area contributed by atoms with Gasteiger partial charge in [-0.2, -0.15) is 50.8 Å². The molecule has 0 radical (unpaired) electrons. The van der Waals surface area contributed by atoms with Crippen molar-refractivity contribution in [2.75, 3.05) is 34.0 Å². The molecular weight excluding hydrogens is 769 g/mol. The van der Waals surface area contributed by atoms with Crippen LogP contribution in [0.4, 0.5) is 40.6 Å². The summed E-state index contributed by atoms with van der Waals surface area (Å²) in [5.74, 6) is 6.14. The minimum Gasteiger partial charge on any atom is -0.368 e. The van der Waals surface area contributed by atoms with Crippen molar-refractivity contribution in [3.63, 3.8) is 0 Å². The van der Waals surface area contributed by atoms with Gasteiger partial charge in [-0.15, -0.1) is 9.97 Å². The fraction of sp³-hybridized carbons (Fsp3) is 0.258. The number of hydrogen-bond acceptors (Lipinski definition) is 15. The minimum atomic E-state index is -4.92. The zero-order valence-corrected chi connectivity index (χ0v) is 30.8. The van der Waals surface area contributed by atoms with Gasteiger partial charge in [0.05, 0.1) is 26.9 Å². The molecule has 0 aliphatic carbocycles. The summed E-state index contributed by atoms with van der Waals surface area (Å²) in [5, 5.41) is 13.8. The second kappa shape index (κ2) is 14.6. The summed E-state index contributed by atoms with van der Waals surface area (Å²) in [6, 6.07) is 12.6. The number of amides is 1. The molecule has 23 heteroatoms. The smallest absolute Gasteiger partial charge is 0.355 e. The molecule has 2 aliphatic heterocycles. The Kier molecular flexibility index (Phi) is 10.4. The van der Waals surface area contributed by atoms with Crippen LogP contribution in [0.25, 0.3) is 0 Å². The van der Waals surface area contributed by atoms with Crippen molar-refractivity contribution in [2.45, 2.75) is 53.3 Å². The van der Waals surface area contributed by atoms with E-state index in [1.54, 1.807) is 0 Å². The maximum absolute atomic E-state index is 13.4. The third-order valence-corrected chi connectivity index (χ3v) is 11.2. The van der Waals surface area contributed by atoms with Crippen LogP contribution in [0, 0.1) is 0 Å². The van der Waals surface area contributed by atoms with E-state index in [1.165, 1.54) is 55.5 Å². The van der Waals surface area contributed by atoms with Crippen molar-refractivity contribution in [2.24, 2.45) is 10.9 Å². The molecule has 0 bridgehead atoms. The number of rotatable bonds is 11. The van der Waals surface area contributed by atoms with Gasteiger partial charge in [0, 0.05) is 11.4 Å². The molecular formula is C31H35N10O10S3+. The third kappa shape index (κ3) is 8.63. The van der Waals surface area contributed by atoms with Crippen molar-refractivity contribution < 1.29 is 43.7 Å². The SMILES string of the molecule is CC1=NN(c2ccc(S(=O)(=O)O)cc2)C(=O)C1Nc1ccc(Nc2nc(Nc3cccc(S(=O)(=O)O)c3)nc([N+]3(N)CCCCCC3)n2)cc1S(=O)(=O)O. The van der Waals surface area contributed by atoms with E-state index in [-0.39, 0.29) is 55.8 Å². The van der Waals surface area contributed by atoms with E-state index in [4.69, 9.17) is 5.84 Å². The number of benzene rings is 3. The molecule has 1 unspecified atom stereocenters. The average molecular weight is 804 g/mol. The monoisotopic (exact) mass is 803 g/mol. The van der Waals surface area contributed by atoms with E-state index in [0.717, 1.165) is 48.9 Å². The highest BCUT2D eigenvalue weighted by atomic mass is 32.2. The molecule has 3 heterocycles. The van der Waals surface area contributed by atoms with Crippen molar-refractivity contribution >= 4 is 82.6 Å². The number of carbonyl (C=O) groups is 1. The van der Waals surface area contributed by atoms with E-state index >= 15 is 0 Å². The van der Waals surface area contributed by atoms with Gasteiger partial charge in [-0.1, -0.05) is 6.07 Å². The van der Waals surface area contributed by atoms with Crippen LogP contribution in [0.15, 0.2) is 86.5 Å². The maximum Gasteiger partial charge on any atom is 0.355 e. The molecule has 4 aromatic rings. The molecule has 0 saturated carbocycles. The fourth-order valence-electron chi connectivity index (χ4n) is 5.89. The fourth-order valence-corrected chi connectivity index (χ4v) is 7.57. The molecule has 6 rings (SSSR count). The first-order valence-corrected chi connectivity index (χ1v) is 20.5. The number of nitrogens with zero attached hydrogens (tertiary/aromatic N) is 6. The number of hydrogen-bond donors (Lipinski definition) is 7. The zero-order chi connectivity index (χ0) is 39.1. The number of hydrazone groups is 1. The maximum atomic E-state index is 13.4. The van der Waals surface area contributed by atoms with Gasteiger partial charge in [0.1, 0.15) is 24.0 Å². The van der Waals surface area contributed by atoms with Gasteiger partial charge in [-0.05, 0) is 93.3 Å². The number of nitrogens with one attached hydrogen (secondary N) is 3. The number of anilines is 6. The Bertz CT molecular complexity index is 2480. The highest BCUT2D eigenvalue weighted by Gasteiger charge is 2.36. The number of quaternary nitrogens is 1. The van der Waals surface area contributed by atoms with Crippen molar-refractivity contribution in [3.05, 3.63) is 66.7 Å². The van der Waals surface area contributed by atoms with E-state index in [0.29, 0.717) is 13.1 Å². The van der Waals surface area contributed by atoms with E-state index in [1.807, 2.05) is 0 Å². The van der Waals surface area contributed by atoms with E-state index in [2.05, 4.69) is 36.0 Å². The molecule has 2 aliphatic rings. The zero-order valence-electron chi connectivity index (χ0n) is 28.4. The van der Waals surface area contributed by atoms with Gasteiger partial charge >= 0.3 is 5.95 Å². The lowest BCUT2D eigenvalue weighted by Crippen LogP contribution is -2.57. The normalized spacial score (nSPS) is 17.8. The summed E-state index contributed by atoms with van der Waals surface area (Å²) in [6.07, 6.45) is 3.50. The van der Waals surface area contributed by atoms with Crippen molar-refractivity contribution in [1.82, 2.24) is 19.5 Å². The Morgan fingerprint density at radius 1 is 0.741 bits per heavy atom. The molecule has 0 spiro atoms. The lowest BCUT2D eigenvalue weighted by molar-refractivity contribution is -0.117. The Morgan fingerprint density at radius 3 is 1.91 bits per heavy atom. The Labute approximate surface area is 310 Å². The summed E-state index contributed by atoms with van der Waals surface area (Å²) >= 11 is 0. The summed E-state index contributed by atoms with van der Waals surface area (Å²) in [4.78, 5) is 25.4. The summed E-state index contributed by atoms with van der Waals surface area (Å²) in [6.45, 7) is 2.51. The molecule has 8 N–H and O–H groups in total. The quantitative estimate of drug-likeness (QED) is 0.0651. The first-order valence-electron chi connectivity index (χ1n) is 16.2. The molecule has 286 valence electrons. The topological polar surface area (TPSA) is 297 Å². The minimum absolute atomic E-state index is 0.0536. The van der Waals surface area contributed by atoms with Crippen LogP contribution in [-0.4, -0.2) is 84.6 Å². The van der Waals surface area contributed by atoms with Gasteiger partial charge in [0.2, 0.25) is 11.9 Å². The molecule has 1 atom stereocenters. The molecule has 1 aromatic heterocycles. The Morgan fingerprint density at radius 2 is 1.33 bits per heavy atom. The lowest BCUT2D eigenvalue weighted by Gasteiger charge is -2.28. The predicted octanol–water partition coefficient (Wildman–Crippen LogP) is 3.06. The van der Waals surface area contributed by atoms with Gasteiger partial charge in [-0.25, -0.2) is 0 Å². The van der Waals surface area contributed by atoms with Crippen LogP contribution in [-0.2, 0) is 35.1 Å². The third-order valence-electron chi connectivity index (χ3n) is 8.60. The van der Waals surface area contributed by atoms with Gasteiger partial charge in [-0.3, -0.25) is 18.5 Å². The Balaban J connectivity index is 1.30. The number of nitrogens with two attached hydrogens (primary N) is 1. The molecule has 1 fully saturated rings. The molecule has 20 nitrogen and oxygen atoms in total. The number of aromatic nitrogens is 3. The molecule has 3 aromatic carbocycles.